The molecule has 1 fully saturated rings. The molecule has 1 aliphatic rings. The Kier molecular flexibility index (Phi) is 8.00. The summed E-state index contributed by atoms with van der Waals surface area (Å²) in [4.78, 5) is 1.30. The van der Waals surface area contributed by atoms with Crippen LogP contribution >= 0.6 is 11.9 Å². The van der Waals surface area contributed by atoms with Gasteiger partial charge in [0.2, 0.25) is 0 Å². The molecule has 1 saturated carbocycles. The zero-order valence-corrected chi connectivity index (χ0v) is 13.8. The fourth-order valence-electron chi connectivity index (χ4n) is 2.69. The number of rotatable bonds is 9. The van der Waals surface area contributed by atoms with Gasteiger partial charge in [0.15, 0.2) is 0 Å². The minimum absolute atomic E-state index is 0.698. The lowest BCUT2D eigenvalue weighted by atomic mass is 9.96. The van der Waals surface area contributed by atoms with Crippen molar-refractivity contribution in [3.05, 3.63) is 24.3 Å². The highest BCUT2D eigenvalue weighted by Gasteiger charge is 2.12. The van der Waals surface area contributed by atoms with Crippen LogP contribution in [0.2, 0.25) is 0 Å². The molecule has 0 unspecified atom stereocenters. The van der Waals surface area contributed by atoms with Crippen LogP contribution in [0.4, 0.5) is 5.69 Å². The average Bonchev–Trinajstić information content (AvgIpc) is 2.55. The van der Waals surface area contributed by atoms with E-state index >= 15 is 0 Å². The van der Waals surface area contributed by atoms with Crippen LogP contribution in [0.15, 0.2) is 29.2 Å². The lowest BCUT2D eigenvalue weighted by Crippen LogP contribution is -2.25. The van der Waals surface area contributed by atoms with E-state index in [1.165, 1.54) is 55.5 Å². The third kappa shape index (κ3) is 6.72. The zero-order valence-electron chi connectivity index (χ0n) is 12.9. The number of nitrogens with one attached hydrogen (secondary N) is 2. The molecule has 0 radical (unpaired) electrons. The number of anilines is 1. The fraction of sp³-hybridized carbons (Fsp3) is 0.647. The summed E-state index contributed by atoms with van der Waals surface area (Å²) in [6.07, 6.45) is 10.4. The van der Waals surface area contributed by atoms with Gasteiger partial charge in [-0.25, -0.2) is 0 Å². The molecule has 0 aromatic heterocycles. The van der Waals surface area contributed by atoms with E-state index in [-0.39, 0.29) is 0 Å². The van der Waals surface area contributed by atoms with E-state index in [2.05, 4.69) is 34.3 Å². The van der Waals surface area contributed by atoms with Crippen LogP contribution in [0.25, 0.3) is 0 Å². The molecule has 2 rings (SSSR count). The SMILES string of the molecule is NCCCCCNc1ccc(SNC2CCCCC2)cc1. The van der Waals surface area contributed by atoms with Crippen LogP contribution in [0.3, 0.4) is 0 Å². The van der Waals surface area contributed by atoms with Gasteiger partial charge in [-0.15, -0.1) is 0 Å². The molecule has 1 aromatic carbocycles. The highest BCUT2D eigenvalue weighted by atomic mass is 32.2. The minimum atomic E-state index is 0.698. The van der Waals surface area contributed by atoms with Gasteiger partial charge in [-0.05, 0) is 68.4 Å². The highest BCUT2D eigenvalue weighted by Crippen LogP contribution is 2.23. The molecule has 4 heteroatoms. The third-order valence-corrected chi connectivity index (χ3v) is 4.97. The molecule has 0 heterocycles. The molecule has 0 aliphatic heterocycles. The Morgan fingerprint density at radius 1 is 1.00 bits per heavy atom. The van der Waals surface area contributed by atoms with Crippen molar-refractivity contribution in [1.82, 2.24) is 4.72 Å². The van der Waals surface area contributed by atoms with Crippen molar-refractivity contribution >= 4 is 17.6 Å². The van der Waals surface area contributed by atoms with Crippen LogP contribution < -0.4 is 15.8 Å². The standard InChI is InChI=1S/C17H29N3S/c18-13-5-2-6-14-19-15-9-11-17(12-10-15)21-20-16-7-3-1-4-8-16/h9-12,16,19-20H,1-8,13-14,18H2. The number of hydrogen-bond donors (Lipinski definition) is 3. The zero-order chi connectivity index (χ0) is 14.8. The predicted octanol–water partition coefficient (Wildman–Crippen LogP) is 4.16. The summed E-state index contributed by atoms with van der Waals surface area (Å²) in [7, 11) is 0. The quantitative estimate of drug-likeness (QED) is 0.474. The monoisotopic (exact) mass is 307 g/mol. The van der Waals surface area contributed by atoms with Gasteiger partial charge in [-0.1, -0.05) is 25.7 Å². The molecule has 0 amide bonds. The van der Waals surface area contributed by atoms with Crippen molar-refractivity contribution in [2.45, 2.75) is 62.3 Å². The lowest BCUT2D eigenvalue weighted by Gasteiger charge is -2.22. The van der Waals surface area contributed by atoms with Crippen LogP contribution in [-0.2, 0) is 0 Å². The van der Waals surface area contributed by atoms with Crippen LogP contribution in [-0.4, -0.2) is 19.1 Å². The molecular formula is C17H29N3S. The Morgan fingerprint density at radius 3 is 2.48 bits per heavy atom. The van der Waals surface area contributed by atoms with Crippen LogP contribution in [0.5, 0.6) is 0 Å². The summed E-state index contributed by atoms with van der Waals surface area (Å²) in [6.45, 7) is 1.84. The summed E-state index contributed by atoms with van der Waals surface area (Å²) < 4.78 is 3.61. The number of benzene rings is 1. The summed E-state index contributed by atoms with van der Waals surface area (Å²) in [5.41, 5.74) is 6.70. The van der Waals surface area contributed by atoms with E-state index in [0.717, 1.165) is 19.5 Å². The Bertz CT molecular complexity index is 374. The molecule has 4 N–H and O–H groups in total. The lowest BCUT2D eigenvalue weighted by molar-refractivity contribution is 0.423. The maximum Gasteiger partial charge on any atom is 0.0340 e. The van der Waals surface area contributed by atoms with Crippen LogP contribution in [0, 0.1) is 0 Å². The van der Waals surface area contributed by atoms with E-state index in [4.69, 9.17) is 5.73 Å². The summed E-state index contributed by atoms with van der Waals surface area (Å²) in [5, 5.41) is 3.47. The highest BCUT2D eigenvalue weighted by molar-refractivity contribution is 7.97. The van der Waals surface area contributed by atoms with Crippen molar-refractivity contribution < 1.29 is 0 Å². The fourth-order valence-corrected chi connectivity index (χ4v) is 3.50. The molecule has 21 heavy (non-hydrogen) atoms. The molecule has 3 nitrogen and oxygen atoms in total. The van der Waals surface area contributed by atoms with Gasteiger partial charge >= 0.3 is 0 Å². The summed E-state index contributed by atoms with van der Waals surface area (Å²) >= 11 is 1.78. The average molecular weight is 308 g/mol. The van der Waals surface area contributed by atoms with E-state index in [1.54, 1.807) is 11.9 Å². The van der Waals surface area contributed by atoms with E-state index in [9.17, 15) is 0 Å². The van der Waals surface area contributed by atoms with Crippen molar-refractivity contribution in [3.8, 4) is 0 Å². The van der Waals surface area contributed by atoms with Crippen molar-refractivity contribution in [3.63, 3.8) is 0 Å². The van der Waals surface area contributed by atoms with Crippen molar-refractivity contribution in [1.29, 1.82) is 0 Å². The van der Waals surface area contributed by atoms with Gasteiger partial charge in [-0.2, -0.15) is 0 Å². The summed E-state index contributed by atoms with van der Waals surface area (Å²) in [6, 6.07) is 9.44. The second-order valence-corrected chi connectivity index (χ2v) is 6.77. The normalized spacial score (nSPS) is 16.0. The number of unbranched alkanes of at least 4 members (excludes halogenated alkanes) is 2. The molecule has 0 saturated heterocycles. The molecular weight excluding hydrogens is 278 g/mol. The van der Waals surface area contributed by atoms with E-state index in [1.807, 2.05) is 0 Å². The van der Waals surface area contributed by atoms with Gasteiger partial charge in [-0.3, -0.25) is 4.72 Å². The first kappa shape index (κ1) is 16.7. The molecule has 0 bridgehead atoms. The van der Waals surface area contributed by atoms with Gasteiger partial charge < -0.3 is 11.1 Å². The largest absolute Gasteiger partial charge is 0.385 e. The van der Waals surface area contributed by atoms with E-state index < -0.39 is 0 Å². The van der Waals surface area contributed by atoms with Crippen molar-refractivity contribution in [2.24, 2.45) is 5.73 Å². The molecule has 118 valence electrons. The van der Waals surface area contributed by atoms with E-state index in [0.29, 0.717) is 6.04 Å². The predicted molar refractivity (Wildman–Crippen MR) is 93.7 cm³/mol. The molecule has 0 atom stereocenters. The van der Waals surface area contributed by atoms with Gasteiger partial charge in [0.1, 0.15) is 0 Å². The molecule has 1 aliphatic carbocycles. The van der Waals surface area contributed by atoms with Crippen LogP contribution in [0.1, 0.15) is 51.4 Å². The number of nitrogens with two attached hydrogens (primary N) is 1. The van der Waals surface area contributed by atoms with Gasteiger partial charge in [0, 0.05) is 23.2 Å². The third-order valence-electron chi connectivity index (χ3n) is 4.01. The first-order valence-electron chi connectivity index (χ1n) is 8.35. The first-order chi connectivity index (χ1) is 10.4. The summed E-state index contributed by atoms with van der Waals surface area (Å²) in [5.74, 6) is 0. The van der Waals surface area contributed by atoms with Crippen molar-refractivity contribution in [2.75, 3.05) is 18.4 Å². The van der Waals surface area contributed by atoms with Gasteiger partial charge in [0.05, 0.1) is 0 Å². The number of hydrogen-bond acceptors (Lipinski definition) is 4. The second kappa shape index (κ2) is 10.1. The molecule has 1 aromatic rings. The topological polar surface area (TPSA) is 50.1 Å². The smallest absolute Gasteiger partial charge is 0.0340 e. The Hall–Kier alpha value is -0.710. The maximum absolute atomic E-state index is 5.49. The Morgan fingerprint density at radius 2 is 1.76 bits per heavy atom. The first-order valence-corrected chi connectivity index (χ1v) is 9.16. The minimum Gasteiger partial charge on any atom is -0.385 e. The Labute approximate surface area is 133 Å². The Balaban J connectivity index is 1.64. The second-order valence-electron chi connectivity index (χ2n) is 5.86. The maximum atomic E-state index is 5.49. The molecule has 0 spiro atoms. The van der Waals surface area contributed by atoms with Gasteiger partial charge in [0.25, 0.3) is 0 Å².